The highest BCUT2D eigenvalue weighted by atomic mass is 32.1. The molecule has 0 aliphatic carbocycles. The number of nitrogens with one attached hydrogen (secondary N) is 2. The molecule has 0 spiro atoms. The van der Waals surface area contributed by atoms with Gasteiger partial charge in [-0.15, -0.1) is 11.3 Å². The third kappa shape index (κ3) is 5.00. The van der Waals surface area contributed by atoms with Crippen LogP contribution in [0.2, 0.25) is 0 Å². The summed E-state index contributed by atoms with van der Waals surface area (Å²) in [5.74, 6) is 0.453. The van der Waals surface area contributed by atoms with E-state index in [0.717, 1.165) is 48.0 Å². The molecule has 0 bridgehead atoms. The number of carbonyl (C=O) groups excluding carboxylic acids is 1. The van der Waals surface area contributed by atoms with Crippen molar-refractivity contribution in [3.05, 3.63) is 81.0 Å². The van der Waals surface area contributed by atoms with E-state index < -0.39 is 0 Å². The minimum atomic E-state index is -0.140. The van der Waals surface area contributed by atoms with E-state index in [0.29, 0.717) is 23.7 Å². The quantitative estimate of drug-likeness (QED) is 0.400. The number of benzene rings is 2. The van der Waals surface area contributed by atoms with Gasteiger partial charge in [-0.2, -0.15) is 0 Å². The molecule has 7 heteroatoms. The SMILES string of the molecule is CCc1ccc(CNC(=O)[C@H]2CCCN(c3nc4c(-c5ccc(C)cc5)csc4c(=O)[nH]3)C2)cc1. The van der Waals surface area contributed by atoms with Gasteiger partial charge in [0.15, 0.2) is 0 Å². The van der Waals surface area contributed by atoms with Crippen molar-refractivity contribution in [3.63, 3.8) is 0 Å². The summed E-state index contributed by atoms with van der Waals surface area (Å²) >= 11 is 1.42. The Morgan fingerprint density at radius 3 is 2.63 bits per heavy atom. The molecule has 35 heavy (non-hydrogen) atoms. The number of amides is 1. The first-order chi connectivity index (χ1) is 17.0. The zero-order valence-electron chi connectivity index (χ0n) is 20.1. The highest BCUT2D eigenvalue weighted by Gasteiger charge is 2.27. The number of anilines is 1. The van der Waals surface area contributed by atoms with Crippen molar-refractivity contribution in [2.24, 2.45) is 5.92 Å². The van der Waals surface area contributed by atoms with Gasteiger partial charge in [-0.3, -0.25) is 14.6 Å². The van der Waals surface area contributed by atoms with Crippen molar-refractivity contribution >= 4 is 33.4 Å². The van der Waals surface area contributed by atoms with Gasteiger partial charge in [0.25, 0.3) is 5.56 Å². The zero-order valence-corrected chi connectivity index (χ0v) is 21.0. The number of aromatic amines is 1. The molecular weight excluding hydrogens is 456 g/mol. The number of aromatic nitrogens is 2. The second-order valence-electron chi connectivity index (χ2n) is 9.26. The number of fused-ring (bicyclic) bond motifs is 1. The summed E-state index contributed by atoms with van der Waals surface area (Å²) in [6.45, 7) is 6.02. The molecule has 2 aromatic heterocycles. The average molecular weight is 487 g/mol. The first-order valence-corrected chi connectivity index (χ1v) is 13.1. The Labute approximate surface area is 209 Å². The average Bonchev–Trinajstić information content (AvgIpc) is 3.33. The third-order valence-corrected chi connectivity index (χ3v) is 7.73. The number of hydrogen-bond acceptors (Lipinski definition) is 5. The van der Waals surface area contributed by atoms with Crippen molar-refractivity contribution in [1.29, 1.82) is 0 Å². The summed E-state index contributed by atoms with van der Waals surface area (Å²) < 4.78 is 0.629. The number of thiophene rings is 1. The first-order valence-electron chi connectivity index (χ1n) is 12.2. The summed E-state index contributed by atoms with van der Waals surface area (Å²) in [4.78, 5) is 35.7. The molecule has 1 fully saturated rings. The number of aryl methyl sites for hydroxylation is 2. The van der Waals surface area contributed by atoms with Crippen molar-refractivity contribution in [2.45, 2.75) is 39.7 Å². The van der Waals surface area contributed by atoms with Gasteiger partial charge < -0.3 is 10.2 Å². The van der Waals surface area contributed by atoms with Gasteiger partial charge in [-0.05, 0) is 42.9 Å². The lowest BCUT2D eigenvalue weighted by Crippen LogP contribution is -2.44. The molecule has 0 radical (unpaired) electrons. The lowest BCUT2D eigenvalue weighted by molar-refractivity contribution is -0.125. The van der Waals surface area contributed by atoms with Gasteiger partial charge in [0.2, 0.25) is 11.9 Å². The van der Waals surface area contributed by atoms with Crippen LogP contribution in [0, 0.1) is 12.8 Å². The van der Waals surface area contributed by atoms with Crippen LogP contribution in [-0.4, -0.2) is 29.0 Å². The van der Waals surface area contributed by atoms with Crippen LogP contribution in [-0.2, 0) is 17.8 Å². The molecule has 3 heterocycles. The molecule has 1 aliphatic heterocycles. The molecule has 4 aromatic rings. The predicted octanol–water partition coefficient (Wildman–Crippen LogP) is 5.06. The molecule has 0 unspecified atom stereocenters. The van der Waals surface area contributed by atoms with Crippen molar-refractivity contribution in [3.8, 4) is 11.1 Å². The summed E-state index contributed by atoms with van der Waals surface area (Å²) in [5, 5.41) is 5.09. The maximum absolute atomic E-state index is 12.9. The van der Waals surface area contributed by atoms with E-state index in [1.807, 2.05) is 10.3 Å². The molecule has 1 atom stereocenters. The number of rotatable bonds is 6. The molecule has 6 nitrogen and oxygen atoms in total. The maximum Gasteiger partial charge on any atom is 0.270 e. The number of hydrogen-bond donors (Lipinski definition) is 2. The molecular formula is C28H30N4O2S. The smallest absolute Gasteiger partial charge is 0.270 e. The van der Waals surface area contributed by atoms with Crippen LogP contribution >= 0.6 is 11.3 Å². The van der Waals surface area contributed by atoms with Gasteiger partial charge in [-0.25, -0.2) is 4.98 Å². The van der Waals surface area contributed by atoms with E-state index in [4.69, 9.17) is 4.98 Å². The van der Waals surface area contributed by atoms with Crippen LogP contribution in [0.25, 0.3) is 21.3 Å². The Hall–Kier alpha value is -3.45. The minimum absolute atomic E-state index is 0.0496. The molecule has 1 amide bonds. The van der Waals surface area contributed by atoms with Gasteiger partial charge in [0, 0.05) is 30.6 Å². The van der Waals surface area contributed by atoms with Crippen molar-refractivity contribution in [1.82, 2.24) is 15.3 Å². The maximum atomic E-state index is 12.9. The van der Waals surface area contributed by atoms with Crippen LogP contribution < -0.4 is 15.8 Å². The van der Waals surface area contributed by atoms with Crippen LogP contribution in [0.4, 0.5) is 5.95 Å². The predicted molar refractivity (Wildman–Crippen MR) is 143 cm³/mol. The van der Waals surface area contributed by atoms with Crippen molar-refractivity contribution < 1.29 is 4.79 Å². The molecule has 1 saturated heterocycles. The number of piperidine rings is 1. The second-order valence-corrected chi connectivity index (χ2v) is 10.1. The van der Waals surface area contributed by atoms with E-state index in [1.54, 1.807) is 0 Å². The standard InChI is InChI=1S/C28H30N4O2S/c1-3-19-8-10-20(11-9-19)15-29-26(33)22-5-4-14-32(16-22)28-30-24-23(17-35-25(24)27(34)31-28)21-12-6-18(2)7-13-21/h6-13,17,22H,3-5,14-16H2,1-2H3,(H,29,33)(H,30,31,34)/t22-/m0/s1. The molecule has 0 saturated carbocycles. The topological polar surface area (TPSA) is 78.1 Å². The third-order valence-electron chi connectivity index (χ3n) is 6.77. The number of carbonyl (C=O) groups is 1. The molecule has 2 aromatic carbocycles. The Bertz CT molecular complexity index is 1390. The largest absolute Gasteiger partial charge is 0.352 e. The summed E-state index contributed by atoms with van der Waals surface area (Å²) in [6.07, 6.45) is 2.71. The Balaban J connectivity index is 1.33. The van der Waals surface area contributed by atoms with Gasteiger partial charge in [0.05, 0.1) is 11.4 Å². The molecule has 180 valence electrons. The summed E-state index contributed by atoms with van der Waals surface area (Å²) in [7, 11) is 0. The van der Waals surface area contributed by atoms with Crippen molar-refractivity contribution in [2.75, 3.05) is 18.0 Å². The summed E-state index contributed by atoms with van der Waals surface area (Å²) in [5.41, 5.74) is 6.19. The normalized spacial score (nSPS) is 15.9. The molecule has 5 rings (SSSR count). The summed E-state index contributed by atoms with van der Waals surface area (Å²) in [6, 6.07) is 16.6. The van der Waals surface area contributed by atoms with E-state index in [1.165, 1.54) is 22.5 Å². The first kappa shape index (κ1) is 23.3. The minimum Gasteiger partial charge on any atom is -0.352 e. The fraction of sp³-hybridized carbons (Fsp3) is 0.321. The van der Waals surface area contributed by atoms with Crippen LogP contribution in [0.5, 0.6) is 0 Å². The van der Waals surface area contributed by atoms with E-state index in [2.05, 4.69) is 72.7 Å². The monoisotopic (exact) mass is 486 g/mol. The van der Waals surface area contributed by atoms with Crippen LogP contribution in [0.3, 0.4) is 0 Å². The molecule has 2 N–H and O–H groups in total. The van der Waals surface area contributed by atoms with Gasteiger partial charge in [0.1, 0.15) is 4.70 Å². The van der Waals surface area contributed by atoms with Crippen LogP contribution in [0.15, 0.2) is 58.7 Å². The van der Waals surface area contributed by atoms with E-state index in [9.17, 15) is 9.59 Å². The van der Waals surface area contributed by atoms with Gasteiger partial charge >= 0.3 is 0 Å². The van der Waals surface area contributed by atoms with E-state index in [-0.39, 0.29) is 17.4 Å². The Morgan fingerprint density at radius 1 is 1.14 bits per heavy atom. The fourth-order valence-electron chi connectivity index (χ4n) is 4.61. The second kappa shape index (κ2) is 10.0. The lowest BCUT2D eigenvalue weighted by Gasteiger charge is -2.32. The Morgan fingerprint density at radius 2 is 1.89 bits per heavy atom. The molecule has 1 aliphatic rings. The number of H-pyrrole nitrogens is 1. The fourth-order valence-corrected chi connectivity index (χ4v) is 5.52. The lowest BCUT2D eigenvalue weighted by atomic mass is 9.97. The van der Waals surface area contributed by atoms with E-state index >= 15 is 0 Å². The highest BCUT2D eigenvalue weighted by molar-refractivity contribution is 7.17. The number of nitrogens with zero attached hydrogens (tertiary/aromatic N) is 2. The highest BCUT2D eigenvalue weighted by Crippen LogP contribution is 2.32. The zero-order chi connectivity index (χ0) is 24.4. The van der Waals surface area contributed by atoms with Crippen LogP contribution in [0.1, 0.15) is 36.5 Å². The van der Waals surface area contributed by atoms with Gasteiger partial charge in [-0.1, -0.05) is 61.0 Å². The Kier molecular flexibility index (Phi) is 6.68.